The molecule has 3 heterocycles. The van der Waals surface area contributed by atoms with Crippen LogP contribution in [0.15, 0.2) is 78.9 Å². The molecule has 3 aromatic rings. The third-order valence-corrected chi connectivity index (χ3v) is 11.0. The van der Waals surface area contributed by atoms with E-state index in [4.69, 9.17) is 0 Å². The Balaban J connectivity index is 0.00000188. The van der Waals surface area contributed by atoms with E-state index < -0.39 is 23.9 Å². The number of amides is 4. The van der Waals surface area contributed by atoms with Crippen LogP contribution in [-0.2, 0) is 32.0 Å². The van der Waals surface area contributed by atoms with E-state index in [1.165, 1.54) is 24.3 Å². The molecule has 2 N–H and O–H groups in total. The minimum absolute atomic E-state index is 0. The minimum atomic E-state index is -0.705. The lowest BCUT2D eigenvalue weighted by Gasteiger charge is -2.35. The number of hydrogen-bond donors (Lipinski definition) is 2. The van der Waals surface area contributed by atoms with Gasteiger partial charge >= 0.3 is 0 Å². The number of anilines is 1. The normalized spacial score (nSPS) is 20.7. The number of rotatable bonds is 12. The molecule has 3 aliphatic heterocycles. The average molecular weight is 777 g/mol. The molecular weight excluding hydrogens is 711 g/mol. The highest BCUT2D eigenvalue weighted by Gasteiger charge is 2.37. The first-order chi connectivity index (χ1) is 27.2. The summed E-state index contributed by atoms with van der Waals surface area (Å²) < 4.78 is 27.7. The van der Waals surface area contributed by atoms with E-state index in [1.54, 1.807) is 29.2 Å². The molecule has 0 aromatic heterocycles. The molecule has 5 atom stereocenters. The summed E-state index contributed by atoms with van der Waals surface area (Å²) >= 11 is 0. The quantitative estimate of drug-likeness (QED) is 0.192. The summed E-state index contributed by atoms with van der Waals surface area (Å²) in [6.07, 6.45) is 8.74. The molecule has 8 nitrogen and oxygen atoms in total. The van der Waals surface area contributed by atoms with Crippen molar-refractivity contribution >= 4 is 29.3 Å². The summed E-state index contributed by atoms with van der Waals surface area (Å²) in [7, 11) is 0. The van der Waals surface area contributed by atoms with Crippen molar-refractivity contribution in [2.75, 3.05) is 18.0 Å². The number of para-hydroxylation sites is 1. The third kappa shape index (κ3) is 12.5. The van der Waals surface area contributed by atoms with Crippen LogP contribution in [0.4, 0.5) is 14.5 Å². The van der Waals surface area contributed by atoms with Crippen LogP contribution in [0.1, 0.15) is 112 Å². The summed E-state index contributed by atoms with van der Waals surface area (Å²) in [6.45, 7) is 9.28. The van der Waals surface area contributed by atoms with E-state index in [0.29, 0.717) is 45.2 Å². The monoisotopic (exact) mass is 777 g/mol. The highest BCUT2D eigenvalue weighted by atomic mass is 19.1. The maximum absolute atomic E-state index is 14.1. The number of benzene rings is 3. The van der Waals surface area contributed by atoms with Crippen molar-refractivity contribution in [3.8, 4) is 0 Å². The van der Waals surface area contributed by atoms with Gasteiger partial charge in [0, 0.05) is 39.5 Å². The van der Waals surface area contributed by atoms with Crippen LogP contribution in [0.3, 0.4) is 0 Å². The Kier molecular flexibility index (Phi) is 18.0. The van der Waals surface area contributed by atoms with Gasteiger partial charge in [-0.05, 0) is 131 Å². The Morgan fingerprint density at radius 1 is 0.625 bits per heavy atom. The Labute approximate surface area is 335 Å². The summed E-state index contributed by atoms with van der Waals surface area (Å²) in [5.41, 5.74) is 2.32. The molecule has 3 fully saturated rings. The molecule has 0 radical (unpaired) electrons. The average Bonchev–Trinajstić information content (AvgIpc) is 3.51. The zero-order valence-electron chi connectivity index (χ0n) is 33.8. The van der Waals surface area contributed by atoms with E-state index >= 15 is 0 Å². The fourth-order valence-corrected chi connectivity index (χ4v) is 8.09. The second-order valence-corrected chi connectivity index (χ2v) is 14.7. The van der Waals surface area contributed by atoms with Gasteiger partial charge in [-0.2, -0.15) is 0 Å². The molecule has 0 unspecified atom stereocenters. The van der Waals surface area contributed by atoms with Gasteiger partial charge in [-0.25, -0.2) is 8.78 Å². The molecule has 6 rings (SSSR count). The molecule has 0 spiro atoms. The molecule has 3 aliphatic rings. The van der Waals surface area contributed by atoms with Crippen molar-refractivity contribution in [2.24, 2.45) is 11.8 Å². The Bertz CT molecular complexity index is 1680. The first kappa shape index (κ1) is 44.1. The number of hydrogen-bond acceptors (Lipinski definition) is 4. The van der Waals surface area contributed by atoms with E-state index in [-0.39, 0.29) is 50.6 Å². The first-order valence-corrected chi connectivity index (χ1v) is 21.0. The largest absolute Gasteiger partial charge is 0.344 e. The van der Waals surface area contributed by atoms with Crippen molar-refractivity contribution in [1.82, 2.24) is 15.5 Å². The second-order valence-electron chi connectivity index (χ2n) is 14.7. The zero-order chi connectivity index (χ0) is 40.5. The van der Waals surface area contributed by atoms with Crippen LogP contribution in [0, 0.1) is 23.5 Å². The molecule has 3 aromatic carbocycles. The van der Waals surface area contributed by atoms with Crippen LogP contribution < -0.4 is 15.5 Å². The number of nitrogens with one attached hydrogen (secondary N) is 2. The third-order valence-electron chi connectivity index (χ3n) is 11.0. The predicted octanol–water partition coefficient (Wildman–Crippen LogP) is 9.06. The van der Waals surface area contributed by atoms with Crippen LogP contribution in [0.5, 0.6) is 0 Å². The Hall–Kier alpha value is -4.60. The maximum Gasteiger partial charge on any atom is 0.249 e. The second kappa shape index (κ2) is 22.8. The van der Waals surface area contributed by atoms with Gasteiger partial charge < -0.3 is 20.4 Å². The van der Waals surface area contributed by atoms with E-state index in [9.17, 15) is 28.0 Å². The first-order valence-electron chi connectivity index (χ1n) is 21.0. The topological polar surface area (TPSA) is 98.8 Å². The summed E-state index contributed by atoms with van der Waals surface area (Å²) in [4.78, 5) is 59.3. The minimum Gasteiger partial charge on any atom is -0.344 e. The summed E-state index contributed by atoms with van der Waals surface area (Å²) in [5.74, 6) is -2.73. The molecular formula is C46H66F2N4O4. The van der Waals surface area contributed by atoms with Gasteiger partial charge in [-0.15, -0.1) is 0 Å². The van der Waals surface area contributed by atoms with E-state index in [0.717, 1.165) is 61.8 Å². The fraction of sp³-hybridized carbons (Fsp3) is 0.522. The smallest absolute Gasteiger partial charge is 0.249 e. The van der Waals surface area contributed by atoms with Gasteiger partial charge in [0.15, 0.2) is 0 Å². The van der Waals surface area contributed by atoms with E-state index in [1.807, 2.05) is 62.9 Å². The lowest BCUT2D eigenvalue weighted by atomic mass is 9.86. The molecule has 0 saturated carbocycles. The SMILES string of the molecule is CC.CC.O=C(N[C@H]1CCCCN(c2ccccc2)C1=O)[C@H](CC[C@H](Cc1ccc(F)cc1)C(=O)N[C@H]1CCC[C@H]2CCCCN2C1=O)Cc1ccc(F)cc1.[HH].[HH]. The van der Waals surface area contributed by atoms with Gasteiger partial charge in [0.1, 0.15) is 23.7 Å². The van der Waals surface area contributed by atoms with Crippen molar-refractivity contribution < 1.29 is 30.8 Å². The molecule has 0 aliphatic carbocycles. The number of carbonyl (C=O) groups is 4. The predicted molar refractivity (Wildman–Crippen MR) is 223 cm³/mol. The van der Waals surface area contributed by atoms with Crippen LogP contribution >= 0.6 is 0 Å². The van der Waals surface area contributed by atoms with Gasteiger partial charge in [0.2, 0.25) is 23.6 Å². The van der Waals surface area contributed by atoms with Crippen molar-refractivity contribution in [2.45, 2.75) is 129 Å². The molecule has 10 heteroatoms. The van der Waals surface area contributed by atoms with Crippen molar-refractivity contribution in [1.29, 1.82) is 0 Å². The molecule has 0 bridgehead atoms. The highest BCUT2D eigenvalue weighted by Crippen LogP contribution is 2.28. The molecule has 4 amide bonds. The fourth-order valence-electron chi connectivity index (χ4n) is 8.09. The zero-order valence-corrected chi connectivity index (χ0v) is 33.8. The molecule has 308 valence electrons. The van der Waals surface area contributed by atoms with Gasteiger partial charge in [-0.3, -0.25) is 19.2 Å². The number of piperidine rings is 1. The lowest BCUT2D eigenvalue weighted by molar-refractivity contribution is -0.139. The van der Waals surface area contributed by atoms with E-state index in [2.05, 4.69) is 10.6 Å². The summed E-state index contributed by atoms with van der Waals surface area (Å²) in [6, 6.07) is 20.4. The van der Waals surface area contributed by atoms with Crippen molar-refractivity contribution in [3.63, 3.8) is 0 Å². The standard InChI is InChI=1S/C42H50F2N4O4.2C2H6.2H2/c43-33-21-15-29(16-22-33)27-31(39(49)45-37-13-5-7-26-47(41(37)51)35-9-2-1-3-10-35)19-20-32(28-30-17-23-34(44)24-18-30)40(50)46-38-14-8-12-36-11-4-6-25-48(36)42(38)52;2*1-2;;/h1-3,9-10,15-18,21-24,31-32,36-38H,4-8,11-14,19-20,25-28H2,(H,45,49)(H,46,50);2*1-2H3;2*1H/t31-,32-,36-,37+,38+;;;;/m1..../s1. The van der Waals surface area contributed by atoms with Crippen LogP contribution in [0.2, 0.25) is 0 Å². The van der Waals surface area contributed by atoms with Gasteiger partial charge in [0.25, 0.3) is 0 Å². The Morgan fingerprint density at radius 3 is 1.64 bits per heavy atom. The van der Waals surface area contributed by atoms with Crippen LogP contribution in [0.25, 0.3) is 0 Å². The summed E-state index contributed by atoms with van der Waals surface area (Å²) in [5, 5.41) is 6.14. The number of halogens is 2. The van der Waals surface area contributed by atoms with Crippen LogP contribution in [-0.4, -0.2) is 59.7 Å². The van der Waals surface area contributed by atoms with Gasteiger partial charge in [-0.1, -0.05) is 70.2 Å². The Morgan fingerprint density at radius 2 is 1.09 bits per heavy atom. The molecule has 3 saturated heterocycles. The number of fused-ring (bicyclic) bond motifs is 1. The highest BCUT2D eigenvalue weighted by molar-refractivity contribution is 5.99. The number of carbonyl (C=O) groups excluding carboxylic acids is 4. The maximum atomic E-state index is 14.1. The van der Waals surface area contributed by atoms with Crippen molar-refractivity contribution in [3.05, 3.63) is 102 Å². The molecule has 56 heavy (non-hydrogen) atoms. The lowest BCUT2D eigenvalue weighted by Crippen LogP contribution is -2.52. The van der Waals surface area contributed by atoms with Gasteiger partial charge in [0.05, 0.1) is 0 Å². The number of nitrogens with zero attached hydrogens (tertiary/aromatic N) is 2.